The van der Waals surface area contributed by atoms with Gasteiger partial charge in [0, 0.05) is 6.54 Å². The van der Waals surface area contributed by atoms with Crippen molar-refractivity contribution in [2.75, 3.05) is 12.1 Å². The van der Waals surface area contributed by atoms with Crippen molar-refractivity contribution in [3.8, 4) is 11.5 Å². The van der Waals surface area contributed by atoms with Crippen molar-refractivity contribution in [1.82, 2.24) is 8.75 Å². The zero-order valence-electron chi connectivity index (χ0n) is 8.34. The lowest BCUT2D eigenvalue weighted by molar-refractivity contribution is 0.174. The third-order valence-corrected chi connectivity index (χ3v) is 2.75. The Morgan fingerprint density at radius 3 is 3.12 bits per heavy atom. The molecule has 3 rings (SSSR count). The third-order valence-electron chi connectivity index (χ3n) is 2.27. The molecule has 16 heavy (non-hydrogen) atoms. The predicted octanol–water partition coefficient (Wildman–Crippen LogP) is 1.88. The molecular formula is C10H9N3O2S. The number of hydrogen-bond donors (Lipinski definition) is 1. The molecule has 0 spiro atoms. The Labute approximate surface area is 96.4 Å². The molecule has 0 aliphatic carbocycles. The van der Waals surface area contributed by atoms with Gasteiger partial charge in [-0.1, -0.05) is 6.07 Å². The molecule has 0 saturated heterocycles. The maximum atomic E-state index is 5.30. The third kappa shape index (κ3) is 1.79. The van der Waals surface area contributed by atoms with E-state index in [0.29, 0.717) is 13.3 Å². The van der Waals surface area contributed by atoms with Gasteiger partial charge >= 0.3 is 0 Å². The van der Waals surface area contributed by atoms with Gasteiger partial charge in [-0.2, -0.15) is 8.75 Å². The van der Waals surface area contributed by atoms with E-state index >= 15 is 0 Å². The quantitative estimate of drug-likeness (QED) is 0.880. The molecule has 0 atom stereocenters. The van der Waals surface area contributed by atoms with Crippen LogP contribution in [0, 0.1) is 0 Å². The normalized spacial score (nSPS) is 12.8. The lowest BCUT2D eigenvalue weighted by Crippen LogP contribution is -1.99. The van der Waals surface area contributed by atoms with Gasteiger partial charge in [0.25, 0.3) is 0 Å². The highest BCUT2D eigenvalue weighted by atomic mass is 32.1. The number of nitrogens with one attached hydrogen (secondary N) is 1. The molecule has 0 bridgehead atoms. The van der Waals surface area contributed by atoms with Gasteiger partial charge < -0.3 is 14.8 Å². The van der Waals surface area contributed by atoms with E-state index in [0.717, 1.165) is 22.9 Å². The zero-order chi connectivity index (χ0) is 10.8. The van der Waals surface area contributed by atoms with E-state index in [-0.39, 0.29) is 0 Å². The van der Waals surface area contributed by atoms with Gasteiger partial charge in [-0.05, 0) is 17.7 Å². The number of hydrogen-bond acceptors (Lipinski definition) is 6. The van der Waals surface area contributed by atoms with Gasteiger partial charge in [0.2, 0.25) is 6.79 Å². The predicted molar refractivity (Wildman–Crippen MR) is 59.8 cm³/mol. The molecule has 2 aromatic rings. The van der Waals surface area contributed by atoms with Gasteiger partial charge in [0.15, 0.2) is 17.3 Å². The van der Waals surface area contributed by atoms with Crippen LogP contribution in [0.5, 0.6) is 11.5 Å². The van der Waals surface area contributed by atoms with Crippen molar-refractivity contribution < 1.29 is 9.47 Å². The molecule has 6 heteroatoms. The Kier molecular flexibility index (Phi) is 2.34. The summed E-state index contributed by atoms with van der Waals surface area (Å²) in [7, 11) is 0. The SMILES string of the molecule is c1cc2c(cc1CNc1cnsn1)OCO2. The molecule has 1 aromatic heterocycles. The van der Waals surface area contributed by atoms with E-state index in [1.54, 1.807) is 6.20 Å². The van der Waals surface area contributed by atoms with Crippen molar-refractivity contribution >= 4 is 17.5 Å². The molecule has 1 aromatic carbocycles. The minimum absolute atomic E-state index is 0.308. The van der Waals surface area contributed by atoms with Gasteiger partial charge in [0.05, 0.1) is 17.9 Å². The first-order chi connectivity index (χ1) is 7.92. The van der Waals surface area contributed by atoms with Crippen LogP contribution in [0.4, 0.5) is 5.82 Å². The van der Waals surface area contributed by atoms with Crippen LogP contribution in [-0.2, 0) is 6.54 Å². The van der Waals surface area contributed by atoms with Crippen molar-refractivity contribution in [1.29, 1.82) is 0 Å². The average Bonchev–Trinajstić information content (AvgIpc) is 2.97. The molecule has 5 nitrogen and oxygen atoms in total. The van der Waals surface area contributed by atoms with Gasteiger partial charge in [-0.25, -0.2) is 0 Å². The topological polar surface area (TPSA) is 56.3 Å². The molecule has 1 aliphatic heterocycles. The summed E-state index contributed by atoms with van der Waals surface area (Å²) >= 11 is 1.19. The molecular weight excluding hydrogens is 226 g/mol. The fourth-order valence-corrected chi connectivity index (χ4v) is 1.88. The molecule has 1 aliphatic rings. The molecule has 0 radical (unpaired) electrons. The highest BCUT2D eigenvalue weighted by molar-refractivity contribution is 6.99. The first-order valence-electron chi connectivity index (χ1n) is 4.82. The summed E-state index contributed by atoms with van der Waals surface area (Å²) in [5, 5.41) is 3.17. The van der Waals surface area contributed by atoms with E-state index in [4.69, 9.17) is 9.47 Å². The maximum absolute atomic E-state index is 5.30. The van der Waals surface area contributed by atoms with E-state index in [2.05, 4.69) is 14.1 Å². The van der Waals surface area contributed by atoms with Crippen LogP contribution in [-0.4, -0.2) is 15.5 Å². The van der Waals surface area contributed by atoms with Crippen LogP contribution in [0.25, 0.3) is 0 Å². The number of nitrogens with zero attached hydrogens (tertiary/aromatic N) is 2. The summed E-state index contributed by atoms with van der Waals surface area (Å²) in [6.07, 6.45) is 1.71. The molecule has 0 amide bonds. The average molecular weight is 235 g/mol. The standard InChI is InChI=1S/C10H9N3O2S/c1-2-8-9(15-6-14-8)3-7(1)4-11-10-5-12-16-13-10/h1-3,5H,4,6H2,(H,11,13). The number of ether oxygens (including phenoxy) is 2. The lowest BCUT2D eigenvalue weighted by Gasteiger charge is -2.03. The Bertz CT molecular complexity index is 487. The number of aromatic nitrogens is 2. The van der Waals surface area contributed by atoms with Crippen LogP contribution in [0.1, 0.15) is 5.56 Å². The summed E-state index contributed by atoms with van der Waals surface area (Å²) in [5.74, 6) is 2.40. The minimum atomic E-state index is 0.308. The highest BCUT2D eigenvalue weighted by Crippen LogP contribution is 2.32. The first-order valence-corrected chi connectivity index (χ1v) is 5.55. The van der Waals surface area contributed by atoms with Crippen molar-refractivity contribution in [3.05, 3.63) is 30.0 Å². The molecule has 82 valence electrons. The van der Waals surface area contributed by atoms with E-state index in [1.165, 1.54) is 11.7 Å². The summed E-state index contributed by atoms with van der Waals surface area (Å²) in [6.45, 7) is 1.00. The van der Waals surface area contributed by atoms with Crippen LogP contribution >= 0.6 is 11.7 Å². The van der Waals surface area contributed by atoms with E-state index < -0.39 is 0 Å². The largest absolute Gasteiger partial charge is 0.454 e. The van der Waals surface area contributed by atoms with Crippen LogP contribution in [0.3, 0.4) is 0 Å². The Morgan fingerprint density at radius 1 is 1.31 bits per heavy atom. The monoisotopic (exact) mass is 235 g/mol. The number of benzene rings is 1. The highest BCUT2D eigenvalue weighted by Gasteiger charge is 2.12. The first kappa shape index (κ1) is 9.41. The summed E-state index contributed by atoms with van der Waals surface area (Å²) in [4.78, 5) is 0. The van der Waals surface area contributed by atoms with Crippen LogP contribution < -0.4 is 14.8 Å². The number of anilines is 1. The zero-order valence-corrected chi connectivity index (χ0v) is 9.16. The van der Waals surface area contributed by atoms with E-state index in [1.807, 2.05) is 18.2 Å². The van der Waals surface area contributed by atoms with E-state index in [9.17, 15) is 0 Å². The Morgan fingerprint density at radius 2 is 2.25 bits per heavy atom. The second kappa shape index (κ2) is 3.97. The van der Waals surface area contributed by atoms with Crippen molar-refractivity contribution in [2.24, 2.45) is 0 Å². The fourth-order valence-electron chi connectivity index (χ4n) is 1.49. The fraction of sp³-hybridized carbons (Fsp3) is 0.200. The van der Waals surface area contributed by atoms with Crippen LogP contribution in [0.2, 0.25) is 0 Å². The van der Waals surface area contributed by atoms with Gasteiger partial charge in [-0.3, -0.25) is 0 Å². The lowest BCUT2D eigenvalue weighted by atomic mass is 10.2. The Hall–Kier alpha value is -1.82. The molecule has 0 unspecified atom stereocenters. The second-order valence-corrected chi connectivity index (χ2v) is 3.89. The molecule has 0 saturated carbocycles. The van der Waals surface area contributed by atoms with Gasteiger partial charge in [-0.15, -0.1) is 0 Å². The summed E-state index contributed by atoms with van der Waals surface area (Å²) in [5.41, 5.74) is 1.12. The molecule has 2 heterocycles. The summed E-state index contributed by atoms with van der Waals surface area (Å²) in [6, 6.07) is 5.88. The molecule has 1 N–H and O–H groups in total. The Balaban J connectivity index is 1.71. The van der Waals surface area contributed by atoms with Crippen molar-refractivity contribution in [3.63, 3.8) is 0 Å². The number of rotatable bonds is 3. The smallest absolute Gasteiger partial charge is 0.231 e. The van der Waals surface area contributed by atoms with Crippen molar-refractivity contribution in [2.45, 2.75) is 6.54 Å². The minimum Gasteiger partial charge on any atom is -0.454 e. The summed E-state index contributed by atoms with van der Waals surface area (Å²) < 4.78 is 18.5. The maximum Gasteiger partial charge on any atom is 0.231 e. The second-order valence-electron chi connectivity index (χ2n) is 3.33. The molecule has 0 fully saturated rings. The van der Waals surface area contributed by atoms with Crippen LogP contribution in [0.15, 0.2) is 24.4 Å². The van der Waals surface area contributed by atoms with Gasteiger partial charge in [0.1, 0.15) is 0 Å². The number of fused-ring (bicyclic) bond motifs is 1.